The van der Waals surface area contributed by atoms with Crippen molar-refractivity contribution >= 4 is 0 Å². The first-order chi connectivity index (χ1) is 5.13. The molecule has 0 unspecified atom stereocenters. The van der Waals surface area contributed by atoms with Crippen LogP contribution >= 0.6 is 0 Å². The second-order valence-electron chi connectivity index (χ2n) is 3.85. The highest BCUT2D eigenvalue weighted by molar-refractivity contribution is 5.01. The fourth-order valence-electron chi connectivity index (χ4n) is 1.61. The van der Waals surface area contributed by atoms with Gasteiger partial charge in [-0.1, -0.05) is 20.4 Å². The summed E-state index contributed by atoms with van der Waals surface area (Å²) in [5.41, 5.74) is 1.34. The number of likely N-dealkylation sites (tertiary alicyclic amines) is 1. The molecule has 1 heterocycles. The van der Waals surface area contributed by atoms with Crippen molar-refractivity contribution in [2.75, 3.05) is 6.54 Å². The fourth-order valence-corrected chi connectivity index (χ4v) is 1.61. The van der Waals surface area contributed by atoms with Gasteiger partial charge in [0.05, 0.1) is 0 Å². The van der Waals surface area contributed by atoms with Gasteiger partial charge in [-0.3, -0.25) is 0 Å². The summed E-state index contributed by atoms with van der Waals surface area (Å²) in [6, 6.07) is 0.671. The van der Waals surface area contributed by atoms with Crippen LogP contribution in [0.25, 0.3) is 0 Å². The molecule has 0 aromatic rings. The number of allylic oxidation sites excluding steroid dienone is 1. The molecule has 1 rings (SSSR count). The molecule has 64 valence electrons. The maximum atomic E-state index is 4.06. The van der Waals surface area contributed by atoms with Crippen molar-refractivity contribution in [1.82, 2.24) is 4.90 Å². The van der Waals surface area contributed by atoms with E-state index in [4.69, 9.17) is 0 Å². The van der Waals surface area contributed by atoms with Crippen LogP contribution in [0.5, 0.6) is 0 Å². The van der Waals surface area contributed by atoms with Crippen LogP contribution < -0.4 is 0 Å². The van der Waals surface area contributed by atoms with Crippen molar-refractivity contribution in [3.05, 3.63) is 12.3 Å². The average molecular weight is 153 g/mol. The lowest BCUT2D eigenvalue weighted by Gasteiger charge is -2.30. The molecular formula is C10H19N. The van der Waals surface area contributed by atoms with E-state index in [2.05, 4.69) is 32.3 Å². The summed E-state index contributed by atoms with van der Waals surface area (Å²) < 4.78 is 0. The Balaban J connectivity index is 2.52. The van der Waals surface area contributed by atoms with Gasteiger partial charge in [-0.25, -0.2) is 0 Å². The molecule has 0 aliphatic carbocycles. The predicted octanol–water partition coefficient (Wildman–Crippen LogP) is 2.64. The second kappa shape index (κ2) is 3.29. The Morgan fingerprint density at radius 3 is 2.36 bits per heavy atom. The lowest BCUT2D eigenvalue weighted by molar-refractivity contribution is 0.245. The standard InChI is InChI=1S/C10H19N/c1-8(2)10(4)11-7-5-6-9(11)3/h8,10H,3,5-7H2,1-2,4H3/t10-/m1/s1. The van der Waals surface area contributed by atoms with Gasteiger partial charge in [-0.05, 0) is 25.7 Å². The van der Waals surface area contributed by atoms with Gasteiger partial charge < -0.3 is 4.90 Å². The summed E-state index contributed by atoms with van der Waals surface area (Å²) in [4.78, 5) is 2.45. The minimum absolute atomic E-state index is 0.671. The van der Waals surface area contributed by atoms with Crippen molar-refractivity contribution in [2.45, 2.75) is 39.7 Å². The van der Waals surface area contributed by atoms with Crippen molar-refractivity contribution in [1.29, 1.82) is 0 Å². The second-order valence-corrected chi connectivity index (χ2v) is 3.85. The summed E-state index contributed by atoms with van der Waals surface area (Å²) in [7, 11) is 0. The molecule has 11 heavy (non-hydrogen) atoms. The highest BCUT2D eigenvalue weighted by Gasteiger charge is 2.21. The third kappa shape index (κ3) is 1.76. The molecule has 0 radical (unpaired) electrons. The van der Waals surface area contributed by atoms with Crippen molar-refractivity contribution in [2.24, 2.45) is 5.92 Å². The first-order valence-corrected chi connectivity index (χ1v) is 4.57. The van der Waals surface area contributed by atoms with Gasteiger partial charge >= 0.3 is 0 Å². The van der Waals surface area contributed by atoms with Gasteiger partial charge in [0.2, 0.25) is 0 Å². The lowest BCUT2D eigenvalue weighted by atomic mass is 10.1. The highest BCUT2D eigenvalue weighted by atomic mass is 15.2. The summed E-state index contributed by atoms with van der Waals surface area (Å²) in [6.45, 7) is 12.1. The van der Waals surface area contributed by atoms with Crippen LogP contribution in [0.4, 0.5) is 0 Å². The van der Waals surface area contributed by atoms with E-state index in [0.29, 0.717) is 6.04 Å². The fraction of sp³-hybridized carbons (Fsp3) is 0.800. The molecular weight excluding hydrogens is 134 g/mol. The van der Waals surface area contributed by atoms with E-state index in [9.17, 15) is 0 Å². The number of rotatable bonds is 2. The molecule has 0 spiro atoms. The Labute approximate surface area is 70.1 Å². The summed E-state index contributed by atoms with van der Waals surface area (Å²) >= 11 is 0. The molecule has 1 heteroatoms. The maximum absolute atomic E-state index is 4.06. The Bertz CT molecular complexity index is 149. The van der Waals surface area contributed by atoms with E-state index in [1.165, 1.54) is 25.1 Å². The molecule has 0 aromatic heterocycles. The van der Waals surface area contributed by atoms with Crippen molar-refractivity contribution in [3.8, 4) is 0 Å². The normalized spacial score (nSPS) is 21.5. The topological polar surface area (TPSA) is 3.24 Å². The number of nitrogens with zero attached hydrogens (tertiary/aromatic N) is 1. The number of hydrogen-bond donors (Lipinski definition) is 0. The van der Waals surface area contributed by atoms with Crippen molar-refractivity contribution < 1.29 is 0 Å². The van der Waals surface area contributed by atoms with Crippen LogP contribution in [0.1, 0.15) is 33.6 Å². The van der Waals surface area contributed by atoms with Crippen LogP contribution in [-0.2, 0) is 0 Å². The molecule has 0 amide bonds. The van der Waals surface area contributed by atoms with Crippen LogP contribution in [-0.4, -0.2) is 17.5 Å². The minimum atomic E-state index is 0.671. The van der Waals surface area contributed by atoms with Crippen LogP contribution in [0.2, 0.25) is 0 Å². The maximum Gasteiger partial charge on any atom is 0.0281 e. The van der Waals surface area contributed by atoms with E-state index in [1.807, 2.05) is 0 Å². The van der Waals surface area contributed by atoms with Crippen LogP contribution in [0.3, 0.4) is 0 Å². The Morgan fingerprint density at radius 1 is 1.36 bits per heavy atom. The van der Waals surface area contributed by atoms with Gasteiger partial charge in [0.1, 0.15) is 0 Å². The first kappa shape index (κ1) is 8.63. The summed E-state index contributed by atoms with van der Waals surface area (Å²) in [5.74, 6) is 0.741. The zero-order valence-electron chi connectivity index (χ0n) is 7.93. The van der Waals surface area contributed by atoms with E-state index in [0.717, 1.165) is 5.92 Å². The molecule has 1 atom stereocenters. The molecule has 1 nitrogen and oxygen atoms in total. The quantitative estimate of drug-likeness (QED) is 0.589. The van der Waals surface area contributed by atoms with Gasteiger partial charge in [0.15, 0.2) is 0 Å². The van der Waals surface area contributed by atoms with E-state index < -0.39 is 0 Å². The van der Waals surface area contributed by atoms with Crippen molar-refractivity contribution in [3.63, 3.8) is 0 Å². The SMILES string of the molecule is C=C1CCCN1[C@H](C)C(C)C. The number of hydrogen-bond acceptors (Lipinski definition) is 1. The minimum Gasteiger partial charge on any atom is -0.372 e. The molecule has 1 saturated heterocycles. The predicted molar refractivity (Wildman–Crippen MR) is 49.4 cm³/mol. The average Bonchev–Trinajstić information content (AvgIpc) is 2.33. The van der Waals surface area contributed by atoms with Gasteiger partial charge in [-0.2, -0.15) is 0 Å². The molecule has 1 aliphatic rings. The molecule has 0 aromatic carbocycles. The summed E-state index contributed by atoms with van der Waals surface area (Å²) in [6.07, 6.45) is 2.51. The lowest BCUT2D eigenvalue weighted by Crippen LogP contribution is -2.32. The molecule has 1 fully saturated rings. The Kier molecular flexibility index (Phi) is 2.58. The van der Waals surface area contributed by atoms with Crippen LogP contribution in [0, 0.1) is 5.92 Å². The molecule has 1 aliphatic heterocycles. The monoisotopic (exact) mass is 153 g/mol. The third-order valence-electron chi connectivity index (χ3n) is 2.73. The molecule has 0 N–H and O–H groups in total. The summed E-state index contributed by atoms with van der Waals surface area (Å²) in [5, 5.41) is 0. The smallest absolute Gasteiger partial charge is 0.0281 e. The Hall–Kier alpha value is -0.460. The van der Waals surface area contributed by atoms with Gasteiger partial charge in [-0.15, -0.1) is 0 Å². The molecule has 0 bridgehead atoms. The highest BCUT2D eigenvalue weighted by Crippen LogP contribution is 2.24. The molecule has 0 saturated carbocycles. The first-order valence-electron chi connectivity index (χ1n) is 4.57. The van der Waals surface area contributed by atoms with E-state index in [1.54, 1.807) is 0 Å². The van der Waals surface area contributed by atoms with E-state index >= 15 is 0 Å². The van der Waals surface area contributed by atoms with Gasteiger partial charge in [0, 0.05) is 18.3 Å². The van der Waals surface area contributed by atoms with Crippen LogP contribution in [0.15, 0.2) is 12.3 Å². The zero-order chi connectivity index (χ0) is 8.43. The van der Waals surface area contributed by atoms with E-state index in [-0.39, 0.29) is 0 Å². The zero-order valence-corrected chi connectivity index (χ0v) is 7.93. The van der Waals surface area contributed by atoms with Gasteiger partial charge in [0.25, 0.3) is 0 Å². The largest absolute Gasteiger partial charge is 0.372 e. The third-order valence-corrected chi connectivity index (χ3v) is 2.73. The Morgan fingerprint density at radius 2 is 2.00 bits per heavy atom.